The smallest absolute Gasteiger partial charge is 0.224 e. The van der Waals surface area contributed by atoms with Gasteiger partial charge in [-0.25, -0.2) is 4.98 Å². The molecule has 2 aromatic rings. The number of nitrogens with two attached hydrogens (primary N) is 1. The first kappa shape index (κ1) is 13.4. The van der Waals surface area contributed by atoms with Crippen molar-refractivity contribution in [1.29, 1.82) is 0 Å². The van der Waals surface area contributed by atoms with E-state index >= 15 is 0 Å². The van der Waals surface area contributed by atoms with Crippen LogP contribution in [0.25, 0.3) is 0 Å². The number of methoxy groups -OCH3 is 1. The lowest BCUT2D eigenvalue weighted by molar-refractivity contribution is 0.412. The lowest BCUT2D eigenvalue weighted by atomic mass is 10.2. The fourth-order valence-corrected chi connectivity index (χ4v) is 1.95. The summed E-state index contributed by atoms with van der Waals surface area (Å²) in [7, 11) is 1.64. The summed E-state index contributed by atoms with van der Waals surface area (Å²) < 4.78 is 5.21. The van der Waals surface area contributed by atoms with Crippen LogP contribution in [0.1, 0.15) is 11.3 Å². The number of nitrogen functional groups attached to an aromatic ring is 1. The van der Waals surface area contributed by atoms with Crippen molar-refractivity contribution in [2.45, 2.75) is 13.8 Å². The van der Waals surface area contributed by atoms with E-state index in [9.17, 15) is 0 Å². The van der Waals surface area contributed by atoms with Gasteiger partial charge >= 0.3 is 0 Å². The van der Waals surface area contributed by atoms with Crippen LogP contribution in [0.4, 0.5) is 17.2 Å². The number of nitrogens with one attached hydrogen (secondary N) is 1. The van der Waals surface area contributed by atoms with Gasteiger partial charge in [0.2, 0.25) is 5.28 Å². The molecule has 0 amide bonds. The molecule has 0 saturated carbocycles. The Bertz CT molecular complexity index is 616. The quantitative estimate of drug-likeness (QED) is 0.844. The van der Waals surface area contributed by atoms with Gasteiger partial charge in [-0.3, -0.25) is 0 Å². The lowest BCUT2D eigenvalue weighted by Crippen LogP contribution is -2.04. The van der Waals surface area contributed by atoms with Crippen LogP contribution in [-0.4, -0.2) is 17.1 Å². The Labute approximate surface area is 116 Å². The maximum atomic E-state index is 5.92. The highest BCUT2D eigenvalue weighted by atomic mass is 35.5. The van der Waals surface area contributed by atoms with Crippen molar-refractivity contribution < 1.29 is 4.74 Å². The second-order valence-corrected chi connectivity index (χ2v) is 4.49. The van der Waals surface area contributed by atoms with Crippen LogP contribution in [0.3, 0.4) is 0 Å². The van der Waals surface area contributed by atoms with Gasteiger partial charge in [-0.1, -0.05) is 0 Å². The minimum atomic E-state index is 0.166. The Kier molecular flexibility index (Phi) is 3.76. The number of halogens is 1. The van der Waals surface area contributed by atoms with Gasteiger partial charge in [0.1, 0.15) is 5.75 Å². The minimum absolute atomic E-state index is 0.166. The molecule has 1 heterocycles. The molecule has 19 heavy (non-hydrogen) atoms. The molecular weight excluding hydrogens is 264 g/mol. The Balaban J connectivity index is 2.33. The topological polar surface area (TPSA) is 73.1 Å². The largest absolute Gasteiger partial charge is 0.496 e. The van der Waals surface area contributed by atoms with Gasteiger partial charge in [-0.2, -0.15) is 4.98 Å². The molecule has 0 spiro atoms. The number of hydrogen-bond donors (Lipinski definition) is 2. The predicted molar refractivity (Wildman–Crippen MR) is 77.2 cm³/mol. The molecule has 5 nitrogen and oxygen atoms in total. The third-order valence-corrected chi connectivity index (χ3v) is 2.94. The third kappa shape index (κ3) is 2.88. The molecule has 0 aliphatic carbocycles. The van der Waals surface area contributed by atoms with Crippen LogP contribution in [0.15, 0.2) is 18.2 Å². The van der Waals surface area contributed by atoms with Gasteiger partial charge in [-0.15, -0.1) is 0 Å². The van der Waals surface area contributed by atoms with E-state index in [1.165, 1.54) is 0 Å². The van der Waals surface area contributed by atoms with Gasteiger partial charge in [0.25, 0.3) is 0 Å². The zero-order chi connectivity index (χ0) is 14.0. The van der Waals surface area contributed by atoms with Gasteiger partial charge in [-0.05, 0) is 49.2 Å². The second-order valence-electron chi connectivity index (χ2n) is 4.15. The van der Waals surface area contributed by atoms with Crippen molar-refractivity contribution in [3.05, 3.63) is 34.7 Å². The van der Waals surface area contributed by atoms with Crippen LogP contribution < -0.4 is 15.8 Å². The molecular formula is C13H15ClN4O. The number of rotatable bonds is 3. The highest BCUT2D eigenvalue weighted by molar-refractivity contribution is 6.28. The maximum Gasteiger partial charge on any atom is 0.224 e. The Morgan fingerprint density at radius 2 is 2.00 bits per heavy atom. The van der Waals surface area contributed by atoms with Gasteiger partial charge < -0.3 is 15.8 Å². The number of nitrogens with zero attached hydrogens (tertiary/aromatic N) is 2. The molecule has 0 unspecified atom stereocenters. The summed E-state index contributed by atoms with van der Waals surface area (Å²) >= 11 is 5.83. The van der Waals surface area contributed by atoms with Gasteiger partial charge in [0, 0.05) is 5.69 Å². The molecule has 0 aliphatic heterocycles. The molecule has 100 valence electrons. The maximum absolute atomic E-state index is 5.92. The molecule has 2 rings (SSSR count). The summed E-state index contributed by atoms with van der Waals surface area (Å²) in [6, 6.07) is 5.71. The van der Waals surface area contributed by atoms with Crippen LogP contribution in [-0.2, 0) is 0 Å². The molecule has 0 atom stereocenters. The van der Waals surface area contributed by atoms with E-state index in [0.717, 1.165) is 17.0 Å². The van der Waals surface area contributed by atoms with E-state index in [-0.39, 0.29) is 5.28 Å². The summed E-state index contributed by atoms with van der Waals surface area (Å²) in [5.41, 5.74) is 8.93. The number of aromatic nitrogens is 2. The monoisotopic (exact) mass is 278 g/mol. The van der Waals surface area contributed by atoms with Gasteiger partial charge in [0.05, 0.1) is 18.5 Å². The Morgan fingerprint density at radius 1 is 1.26 bits per heavy atom. The molecule has 0 fully saturated rings. The molecule has 1 aromatic carbocycles. The second kappa shape index (κ2) is 5.32. The predicted octanol–water partition coefficient (Wildman–Crippen LogP) is 3.08. The van der Waals surface area contributed by atoms with Crippen LogP contribution in [0.5, 0.6) is 5.75 Å². The van der Waals surface area contributed by atoms with Crippen LogP contribution in [0, 0.1) is 13.8 Å². The highest BCUT2D eigenvalue weighted by Gasteiger charge is 2.08. The minimum Gasteiger partial charge on any atom is -0.496 e. The summed E-state index contributed by atoms with van der Waals surface area (Å²) in [5.74, 6) is 1.33. The first-order valence-electron chi connectivity index (χ1n) is 5.72. The van der Waals surface area contributed by atoms with E-state index in [0.29, 0.717) is 17.2 Å². The Morgan fingerprint density at radius 3 is 2.63 bits per heavy atom. The van der Waals surface area contributed by atoms with Crippen molar-refractivity contribution in [2.75, 3.05) is 18.2 Å². The summed E-state index contributed by atoms with van der Waals surface area (Å²) in [4.78, 5) is 8.08. The standard InChI is InChI=1S/C13H15ClN4O/c1-7-6-9(4-5-10(7)19-3)17-12-11(15)8(2)16-13(14)18-12/h4-6H,15H2,1-3H3,(H,16,17,18). The SMILES string of the molecule is COc1ccc(Nc2nc(Cl)nc(C)c2N)cc1C. The van der Waals surface area contributed by atoms with Gasteiger partial charge in [0.15, 0.2) is 5.82 Å². The number of hydrogen-bond acceptors (Lipinski definition) is 5. The normalized spacial score (nSPS) is 10.3. The molecule has 0 saturated heterocycles. The molecule has 1 aromatic heterocycles. The molecule has 0 radical (unpaired) electrons. The fourth-order valence-electron chi connectivity index (χ4n) is 1.74. The number of aryl methyl sites for hydroxylation is 2. The Hall–Kier alpha value is -2.01. The molecule has 0 bridgehead atoms. The van der Waals surface area contributed by atoms with Crippen molar-refractivity contribution in [3.8, 4) is 5.75 Å². The van der Waals surface area contributed by atoms with Crippen molar-refractivity contribution in [3.63, 3.8) is 0 Å². The van der Waals surface area contributed by atoms with E-state index in [1.807, 2.05) is 25.1 Å². The lowest BCUT2D eigenvalue weighted by Gasteiger charge is -2.12. The van der Waals surface area contributed by atoms with Crippen LogP contribution >= 0.6 is 11.6 Å². The van der Waals surface area contributed by atoms with Crippen molar-refractivity contribution in [1.82, 2.24) is 9.97 Å². The van der Waals surface area contributed by atoms with Crippen molar-refractivity contribution in [2.24, 2.45) is 0 Å². The summed E-state index contributed by atoms with van der Waals surface area (Å²) in [5, 5.41) is 3.30. The van der Waals surface area contributed by atoms with E-state index in [2.05, 4.69) is 15.3 Å². The van der Waals surface area contributed by atoms with Crippen molar-refractivity contribution >= 4 is 28.8 Å². The van der Waals surface area contributed by atoms with E-state index in [1.54, 1.807) is 14.0 Å². The summed E-state index contributed by atoms with van der Waals surface area (Å²) in [6.07, 6.45) is 0. The average molecular weight is 279 g/mol. The summed E-state index contributed by atoms with van der Waals surface area (Å²) in [6.45, 7) is 3.75. The molecule has 3 N–H and O–H groups in total. The zero-order valence-electron chi connectivity index (χ0n) is 11.0. The average Bonchev–Trinajstić information content (AvgIpc) is 2.35. The van der Waals surface area contributed by atoms with E-state index < -0.39 is 0 Å². The first-order valence-corrected chi connectivity index (χ1v) is 6.10. The molecule has 6 heteroatoms. The number of anilines is 3. The number of ether oxygens (including phenoxy) is 1. The first-order chi connectivity index (χ1) is 9.01. The fraction of sp³-hybridized carbons (Fsp3) is 0.231. The van der Waals surface area contributed by atoms with E-state index in [4.69, 9.17) is 22.1 Å². The number of benzene rings is 1. The zero-order valence-corrected chi connectivity index (χ0v) is 11.7. The molecule has 0 aliphatic rings. The highest BCUT2D eigenvalue weighted by Crippen LogP contribution is 2.27. The van der Waals surface area contributed by atoms with Crippen LogP contribution in [0.2, 0.25) is 5.28 Å². The third-order valence-electron chi connectivity index (χ3n) is 2.77.